The summed E-state index contributed by atoms with van der Waals surface area (Å²) in [5, 5.41) is 14.8. The molecule has 0 aliphatic heterocycles. The van der Waals surface area contributed by atoms with Crippen LogP contribution in [0.1, 0.15) is 36.0 Å². The van der Waals surface area contributed by atoms with E-state index in [9.17, 15) is 14.9 Å². The first-order valence-electron chi connectivity index (χ1n) is 6.09. The van der Waals surface area contributed by atoms with Crippen molar-refractivity contribution in [1.82, 2.24) is 10.4 Å². The molecule has 1 aromatic heterocycles. The first-order chi connectivity index (χ1) is 9.18. The lowest BCUT2D eigenvalue weighted by Crippen LogP contribution is -2.34. The van der Waals surface area contributed by atoms with Crippen molar-refractivity contribution in [2.45, 2.75) is 31.7 Å². The number of nitro groups is 1. The standard InChI is InChI=1S/C12H14N4O3/c17-12(9-5-7-13-8-6-9)15-14-10-3-1-2-4-11(10)16(18)19/h5-8,11H,1-4H2,(H,15,17)/b14-10-/t11-/m0/s1. The zero-order chi connectivity index (χ0) is 13.7. The zero-order valence-electron chi connectivity index (χ0n) is 10.3. The summed E-state index contributed by atoms with van der Waals surface area (Å²) in [6.45, 7) is 0. The summed E-state index contributed by atoms with van der Waals surface area (Å²) in [6, 6.07) is 2.34. The average molecular weight is 262 g/mol. The highest BCUT2D eigenvalue weighted by molar-refractivity contribution is 5.96. The van der Waals surface area contributed by atoms with E-state index in [0.717, 1.165) is 12.8 Å². The Bertz CT molecular complexity index is 501. The van der Waals surface area contributed by atoms with Gasteiger partial charge in [-0.1, -0.05) is 0 Å². The Morgan fingerprint density at radius 1 is 1.42 bits per heavy atom. The molecule has 1 fully saturated rings. The molecule has 0 saturated heterocycles. The second-order valence-electron chi connectivity index (χ2n) is 4.33. The number of aromatic nitrogens is 1. The number of carbonyl (C=O) groups excluding carboxylic acids is 1. The molecule has 7 heteroatoms. The molecular weight excluding hydrogens is 248 g/mol. The monoisotopic (exact) mass is 262 g/mol. The third-order valence-electron chi connectivity index (χ3n) is 3.04. The molecular formula is C12H14N4O3. The van der Waals surface area contributed by atoms with Crippen LogP contribution in [0.4, 0.5) is 0 Å². The van der Waals surface area contributed by atoms with Crippen LogP contribution in [0.3, 0.4) is 0 Å². The van der Waals surface area contributed by atoms with Crippen LogP contribution in [-0.2, 0) is 0 Å². The molecule has 0 radical (unpaired) electrons. The summed E-state index contributed by atoms with van der Waals surface area (Å²) in [4.78, 5) is 26.1. The van der Waals surface area contributed by atoms with Gasteiger partial charge in [-0.3, -0.25) is 19.9 Å². The fourth-order valence-electron chi connectivity index (χ4n) is 2.02. The predicted molar refractivity (Wildman–Crippen MR) is 68.4 cm³/mol. The minimum absolute atomic E-state index is 0.337. The van der Waals surface area contributed by atoms with E-state index in [4.69, 9.17) is 0 Å². The van der Waals surface area contributed by atoms with Crippen molar-refractivity contribution in [1.29, 1.82) is 0 Å². The lowest BCUT2D eigenvalue weighted by molar-refractivity contribution is -0.504. The van der Waals surface area contributed by atoms with Gasteiger partial charge in [0.15, 0.2) is 0 Å². The molecule has 1 amide bonds. The Balaban J connectivity index is 2.04. The molecule has 0 bridgehead atoms. The highest BCUT2D eigenvalue weighted by atomic mass is 16.6. The molecule has 1 aliphatic carbocycles. The van der Waals surface area contributed by atoms with E-state index in [-0.39, 0.29) is 10.8 Å². The number of hydrogen-bond acceptors (Lipinski definition) is 5. The van der Waals surface area contributed by atoms with Crippen LogP contribution in [0.15, 0.2) is 29.6 Å². The van der Waals surface area contributed by atoms with E-state index in [1.807, 2.05) is 0 Å². The van der Waals surface area contributed by atoms with E-state index in [0.29, 0.717) is 24.1 Å². The molecule has 7 nitrogen and oxygen atoms in total. The molecule has 2 rings (SSSR count). The highest BCUT2D eigenvalue weighted by Crippen LogP contribution is 2.17. The van der Waals surface area contributed by atoms with Crippen LogP contribution >= 0.6 is 0 Å². The third-order valence-corrected chi connectivity index (χ3v) is 3.04. The van der Waals surface area contributed by atoms with Gasteiger partial charge in [0, 0.05) is 29.3 Å². The van der Waals surface area contributed by atoms with Crippen molar-refractivity contribution in [3.63, 3.8) is 0 Å². The number of amides is 1. The van der Waals surface area contributed by atoms with Gasteiger partial charge in [-0.25, -0.2) is 5.43 Å². The molecule has 1 N–H and O–H groups in total. The number of hydrogen-bond donors (Lipinski definition) is 1. The Hall–Kier alpha value is -2.31. The number of hydrazone groups is 1. The van der Waals surface area contributed by atoms with Crippen LogP contribution in [0, 0.1) is 10.1 Å². The Kier molecular flexibility index (Phi) is 4.17. The average Bonchev–Trinajstić information content (AvgIpc) is 2.46. The summed E-state index contributed by atoms with van der Waals surface area (Å²) in [5.74, 6) is -0.387. The first-order valence-corrected chi connectivity index (χ1v) is 6.09. The van der Waals surface area contributed by atoms with Gasteiger partial charge in [0.1, 0.15) is 5.71 Å². The van der Waals surface area contributed by atoms with Gasteiger partial charge >= 0.3 is 0 Å². The molecule has 1 atom stereocenters. The van der Waals surface area contributed by atoms with Crippen LogP contribution in [0.2, 0.25) is 0 Å². The molecule has 1 aliphatic rings. The van der Waals surface area contributed by atoms with E-state index in [1.54, 1.807) is 12.1 Å². The number of rotatable bonds is 3. The molecule has 100 valence electrons. The summed E-state index contributed by atoms with van der Waals surface area (Å²) in [5.41, 5.74) is 3.24. The topological polar surface area (TPSA) is 97.5 Å². The maximum absolute atomic E-state index is 11.7. The molecule has 1 aromatic rings. The quantitative estimate of drug-likeness (QED) is 0.657. The summed E-state index contributed by atoms with van der Waals surface area (Å²) in [7, 11) is 0. The Labute approximate surface area is 109 Å². The molecule has 0 spiro atoms. The van der Waals surface area contributed by atoms with Gasteiger partial charge < -0.3 is 0 Å². The third kappa shape index (κ3) is 3.34. The van der Waals surface area contributed by atoms with Crippen LogP contribution in [-0.4, -0.2) is 27.6 Å². The van der Waals surface area contributed by atoms with E-state index in [2.05, 4.69) is 15.5 Å². The van der Waals surface area contributed by atoms with Crippen molar-refractivity contribution >= 4 is 11.6 Å². The predicted octanol–water partition coefficient (Wildman–Crippen LogP) is 1.39. The SMILES string of the molecule is O=C(N/N=C1/CCCC[C@@H]1[N+](=O)[O-])c1ccncc1. The second-order valence-corrected chi connectivity index (χ2v) is 4.33. The van der Waals surface area contributed by atoms with Gasteiger partial charge in [0.25, 0.3) is 11.9 Å². The van der Waals surface area contributed by atoms with Crippen molar-refractivity contribution < 1.29 is 9.72 Å². The van der Waals surface area contributed by atoms with Crippen LogP contribution in [0.5, 0.6) is 0 Å². The molecule has 0 aromatic carbocycles. The summed E-state index contributed by atoms with van der Waals surface area (Å²) >= 11 is 0. The van der Waals surface area contributed by atoms with Gasteiger partial charge in [-0.2, -0.15) is 5.10 Å². The largest absolute Gasteiger partial charge is 0.271 e. The fourth-order valence-corrected chi connectivity index (χ4v) is 2.02. The Morgan fingerprint density at radius 2 is 2.16 bits per heavy atom. The van der Waals surface area contributed by atoms with E-state index in [1.165, 1.54) is 12.4 Å². The van der Waals surface area contributed by atoms with Gasteiger partial charge in [0.05, 0.1) is 0 Å². The minimum atomic E-state index is -0.772. The van der Waals surface area contributed by atoms with E-state index < -0.39 is 6.04 Å². The van der Waals surface area contributed by atoms with Gasteiger partial charge in [-0.05, 0) is 31.4 Å². The molecule has 1 heterocycles. The summed E-state index contributed by atoms with van der Waals surface area (Å²) in [6.07, 6.45) is 5.74. The molecule has 19 heavy (non-hydrogen) atoms. The van der Waals surface area contributed by atoms with E-state index >= 15 is 0 Å². The highest BCUT2D eigenvalue weighted by Gasteiger charge is 2.30. The fraction of sp³-hybridized carbons (Fsp3) is 0.417. The van der Waals surface area contributed by atoms with Crippen LogP contribution < -0.4 is 5.43 Å². The van der Waals surface area contributed by atoms with Crippen molar-refractivity contribution in [2.24, 2.45) is 5.10 Å². The zero-order valence-corrected chi connectivity index (χ0v) is 10.3. The number of carbonyl (C=O) groups is 1. The Morgan fingerprint density at radius 3 is 2.84 bits per heavy atom. The van der Waals surface area contributed by atoms with Crippen molar-refractivity contribution in [3.8, 4) is 0 Å². The molecule has 0 unspecified atom stereocenters. The van der Waals surface area contributed by atoms with Gasteiger partial charge in [-0.15, -0.1) is 0 Å². The number of pyridine rings is 1. The normalized spacial score (nSPS) is 21.1. The maximum Gasteiger partial charge on any atom is 0.271 e. The second kappa shape index (κ2) is 6.03. The summed E-state index contributed by atoms with van der Waals surface area (Å²) < 4.78 is 0. The smallest absolute Gasteiger partial charge is 0.267 e. The van der Waals surface area contributed by atoms with Gasteiger partial charge in [0.2, 0.25) is 0 Å². The maximum atomic E-state index is 11.7. The minimum Gasteiger partial charge on any atom is -0.267 e. The lowest BCUT2D eigenvalue weighted by Gasteiger charge is -2.17. The first kappa shape index (κ1) is 13.1. The van der Waals surface area contributed by atoms with Crippen molar-refractivity contribution in [2.75, 3.05) is 0 Å². The number of nitrogens with one attached hydrogen (secondary N) is 1. The molecule has 1 saturated carbocycles. The lowest BCUT2D eigenvalue weighted by atomic mass is 9.94. The number of nitrogens with zero attached hydrogens (tertiary/aromatic N) is 3. The van der Waals surface area contributed by atoms with Crippen LogP contribution in [0.25, 0.3) is 0 Å². The van der Waals surface area contributed by atoms with Crippen molar-refractivity contribution in [3.05, 3.63) is 40.2 Å².